The second-order valence-corrected chi connectivity index (χ2v) is 6.68. The molecule has 3 N–H and O–H groups in total. The Hall–Kier alpha value is -0.810. The summed E-state index contributed by atoms with van der Waals surface area (Å²) in [4.78, 5) is 9.52. The van der Waals surface area contributed by atoms with Gasteiger partial charge in [-0.3, -0.25) is 4.99 Å². The molecule has 1 atom stereocenters. The number of likely N-dealkylation sites (N-methyl/N-ethyl adjacent to an activating group) is 1. The average molecular weight is 297 g/mol. The van der Waals surface area contributed by atoms with Crippen LogP contribution in [0, 0.1) is 11.8 Å². The van der Waals surface area contributed by atoms with Gasteiger partial charge in [0, 0.05) is 45.8 Å². The third-order valence-corrected chi connectivity index (χ3v) is 4.08. The summed E-state index contributed by atoms with van der Waals surface area (Å²) in [6, 6.07) is 0. The highest BCUT2D eigenvalue weighted by molar-refractivity contribution is 5.77. The van der Waals surface area contributed by atoms with Crippen LogP contribution in [0.15, 0.2) is 4.99 Å². The van der Waals surface area contributed by atoms with E-state index in [0.717, 1.165) is 26.1 Å². The summed E-state index contributed by atoms with van der Waals surface area (Å²) in [6.07, 6.45) is 1.13. The third-order valence-electron chi connectivity index (χ3n) is 4.08. The first kappa shape index (κ1) is 18.2. The molecule has 0 saturated carbocycles. The Morgan fingerprint density at radius 2 is 1.76 bits per heavy atom. The minimum atomic E-state index is 0.559. The van der Waals surface area contributed by atoms with Crippen LogP contribution < -0.4 is 11.1 Å². The molecule has 0 aliphatic carbocycles. The number of nitrogens with one attached hydrogen (secondary N) is 1. The number of guanidine groups is 1. The maximum absolute atomic E-state index is 5.90. The molecule has 5 nitrogen and oxygen atoms in total. The van der Waals surface area contributed by atoms with E-state index in [2.05, 4.69) is 47.8 Å². The smallest absolute Gasteiger partial charge is 0.188 e. The molecule has 0 aromatic heterocycles. The monoisotopic (exact) mass is 297 g/mol. The van der Waals surface area contributed by atoms with Gasteiger partial charge >= 0.3 is 0 Å². The fourth-order valence-corrected chi connectivity index (χ4v) is 2.59. The van der Waals surface area contributed by atoms with Crippen LogP contribution in [0.2, 0.25) is 0 Å². The Balaban J connectivity index is 2.16. The molecule has 1 heterocycles. The molecule has 1 aliphatic heterocycles. The van der Waals surface area contributed by atoms with Gasteiger partial charge in [0.1, 0.15) is 0 Å². The first-order valence-corrected chi connectivity index (χ1v) is 8.49. The Morgan fingerprint density at radius 3 is 2.33 bits per heavy atom. The molecule has 0 aromatic rings. The van der Waals surface area contributed by atoms with E-state index in [9.17, 15) is 0 Å². The van der Waals surface area contributed by atoms with Gasteiger partial charge < -0.3 is 20.9 Å². The van der Waals surface area contributed by atoms with Crippen molar-refractivity contribution in [1.82, 2.24) is 15.1 Å². The normalized spacial score (nSPS) is 20.0. The Bertz CT molecular complexity index is 295. The molecule has 1 fully saturated rings. The fraction of sp³-hybridized carbons (Fsp3) is 0.938. The van der Waals surface area contributed by atoms with E-state index < -0.39 is 0 Å². The molecule has 0 bridgehead atoms. The van der Waals surface area contributed by atoms with Crippen molar-refractivity contribution in [2.45, 2.75) is 34.1 Å². The van der Waals surface area contributed by atoms with E-state index in [1.54, 1.807) is 0 Å². The molecule has 1 aliphatic rings. The Morgan fingerprint density at radius 1 is 1.14 bits per heavy atom. The molecule has 0 amide bonds. The average Bonchev–Trinajstić information content (AvgIpc) is 2.45. The number of aliphatic imine (C=N–C) groups is 1. The van der Waals surface area contributed by atoms with E-state index in [1.165, 1.54) is 32.7 Å². The van der Waals surface area contributed by atoms with Crippen LogP contribution in [0.4, 0.5) is 0 Å². The Labute approximate surface area is 131 Å². The lowest BCUT2D eigenvalue weighted by Crippen LogP contribution is -2.47. The molecule has 0 spiro atoms. The zero-order chi connectivity index (χ0) is 15.7. The lowest BCUT2D eigenvalue weighted by atomic mass is 10.1. The van der Waals surface area contributed by atoms with Gasteiger partial charge in [-0.2, -0.15) is 0 Å². The zero-order valence-electron chi connectivity index (χ0n) is 14.4. The minimum Gasteiger partial charge on any atom is -0.370 e. The minimum absolute atomic E-state index is 0.559. The van der Waals surface area contributed by atoms with E-state index in [4.69, 9.17) is 5.73 Å². The number of hydrogen-bond donors (Lipinski definition) is 2. The molecular weight excluding hydrogens is 262 g/mol. The van der Waals surface area contributed by atoms with E-state index in [1.807, 2.05) is 0 Å². The van der Waals surface area contributed by atoms with Crippen LogP contribution in [-0.2, 0) is 0 Å². The maximum Gasteiger partial charge on any atom is 0.188 e. The first-order valence-electron chi connectivity index (χ1n) is 8.49. The van der Waals surface area contributed by atoms with Gasteiger partial charge in [-0.15, -0.1) is 0 Å². The van der Waals surface area contributed by atoms with Gasteiger partial charge in [-0.25, -0.2) is 0 Å². The second kappa shape index (κ2) is 10.0. The summed E-state index contributed by atoms with van der Waals surface area (Å²) in [5, 5.41) is 3.19. The van der Waals surface area contributed by atoms with Crippen molar-refractivity contribution < 1.29 is 0 Å². The summed E-state index contributed by atoms with van der Waals surface area (Å²) in [5.74, 6) is 1.85. The molecular formula is C16H35N5. The first-order chi connectivity index (χ1) is 10.0. The number of nitrogens with zero attached hydrogens (tertiary/aromatic N) is 3. The lowest BCUT2D eigenvalue weighted by Gasteiger charge is -2.35. The topological polar surface area (TPSA) is 56.9 Å². The van der Waals surface area contributed by atoms with Crippen molar-refractivity contribution >= 4 is 5.96 Å². The predicted octanol–water partition coefficient (Wildman–Crippen LogP) is 1.21. The second-order valence-electron chi connectivity index (χ2n) is 6.68. The highest BCUT2D eigenvalue weighted by Crippen LogP contribution is 2.06. The maximum atomic E-state index is 5.90. The number of nitrogens with two attached hydrogens (primary N) is 1. The molecule has 21 heavy (non-hydrogen) atoms. The fourth-order valence-electron chi connectivity index (χ4n) is 2.59. The highest BCUT2D eigenvalue weighted by Gasteiger charge is 2.17. The van der Waals surface area contributed by atoms with Gasteiger partial charge in [0.2, 0.25) is 0 Å². The van der Waals surface area contributed by atoms with Crippen molar-refractivity contribution in [2.75, 3.05) is 52.4 Å². The van der Waals surface area contributed by atoms with Crippen LogP contribution >= 0.6 is 0 Å². The van der Waals surface area contributed by atoms with Gasteiger partial charge in [0.05, 0.1) is 0 Å². The van der Waals surface area contributed by atoms with Crippen molar-refractivity contribution in [1.29, 1.82) is 0 Å². The zero-order valence-corrected chi connectivity index (χ0v) is 14.4. The standard InChI is InChI=1S/C16H35N5/c1-5-20-8-10-21(11-9-20)13-15(4)12-19-16(17)18-7-6-14(2)3/h14-15H,5-13H2,1-4H3,(H3,17,18,19). The van der Waals surface area contributed by atoms with Gasteiger partial charge in [-0.05, 0) is 24.8 Å². The molecule has 124 valence electrons. The number of hydrogen-bond acceptors (Lipinski definition) is 3. The quantitative estimate of drug-likeness (QED) is 0.522. The van der Waals surface area contributed by atoms with Crippen LogP contribution in [0.5, 0.6) is 0 Å². The van der Waals surface area contributed by atoms with Crippen molar-refractivity contribution in [3.05, 3.63) is 0 Å². The third kappa shape index (κ3) is 8.27. The van der Waals surface area contributed by atoms with Crippen LogP contribution in [0.3, 0.4) is 0 Å². The van der Waals surface area contributed by atoms with Crippen molar-refractivity contribution in [3.8, 4) is 0 Å². The molecule has 0 aromatic carbocycles. The van der Waals surface area contributed by atoms with E-state index in [0.29, 0.717) is 17.8 Å². The van der Waals surface area contributed by atoms with Crippen molar-refractivity contribution in [3.63, 3.8) is 0 Å². The summed E-state index contributed by atoms with van der Waals surface area (Å²) in [5.41, 5.74) is 5.90. The van der Waals surface area contributed by atoms with Gasteiger partial charge in [0.25, 0.3) is 0 Å². The molecule has 1 saturated heterocycles. The molecule has 5 heteroatoms. The van der Waals surface area contributed by atoms with Gasteiger partial charge in [-0.1, -0.05) is 27.7 Å². The number of rotatable bonds is 8. The summed E-state index contributed by atoms with van der Waals surface area (Å²) in [7, 11) is 0. The van der Waals surface area contributed by atoms with Crippen LogP contribution in [-0.4, -0.2) is 68.1 Å². The highest BCUT2D eigenvalue weighted by atomic mass is 15.3. The molecule has 1 unspecified atom stereocenters. The number of piperazine rings is 1. The van der Waals surface area contributed by atoms with Gasteiger partial charge in [0.15, 0.2) is 5.96 Å². The molecule has 1 rings (SSSR count). The van der Waals surface area contributed by atoms with E-state index >= 15 is 0 Å². The SMILES string of the molecule is CCN1CCN(CC(C)CN=C(N)NCCC(C)C)CC1. The van der Waals surface area contributed by atoms with Crippen LogP contribution in [0.25, 0.3) is 0 Å². The van der Waals surface area contributed by atoms with Crippen molar-refractivity contribution in [2.24, 2.45) is 22.6 Å². The molecule has 0 radical (unpaired) electrons. The predicted molar refractivity (Wildman–Crippen MR) is 91.7 cm³/mol. The summed E-state index contributed by atoms with van der Waals surface area (Å²) >= 11 is 0. The summed E-state index contributed by atoms with van der Waals surface area (Å²) in [6.45, 7) is 17.7. The summed E-state index contributed by atoms with van der Waals surface area (Å²) < 4.78 is 0. The largest absolute Gasteiger partial charge is 0.370 e. The van der Waals surface area contributed by atoms with Crippen LogP contribution in [0.1, 0.15) is 34.1 Å². The Kier molecular flexibility index (Phi) is 8.69. The van der Waals surface area contributed by atoms with E-state index in [-0.39, 0.29) is 0 Å². The lowest BCUT2D eigenvalue weighted by molar-refractivity contribution is 0.125.